The van der Waals surface area contributed by atoms with E-state index in [1.807, 2.05) is 37.3 Å². The maximum absolute atomic E-state index is 13.0. The Morgan fingerprint density at radius 2 is 1.93 bits per heavy atom. The number of fused-ring (bicyclic) bond motifs is 1. The molecular formula is C20H16N4O3. The summed E-state index contributed by atoms with van der Waals surface area (Å²) in [4.78, 5) is 29.5. The third-order valence-corrected chi connectivity index (χ3v) is 4.36. The van der Waals surface area contributed by atoms with Crippen LogP contribution in [0.4, 0.5) is 0 Å². The van der Waals surface area contributed by atoms with E-state index in [9.17, 15) is 9.59 Å². The quantitative estimate of drug-likeness (QED) is 0.525. The summed E-state index contributed by atoms with van der Waals surface area (Å²) in [7, 11) is 1.30. The lowest BCUT2D eigenvalue weighted by Gasteiger charge is -2.11. The van der Waals surface area contributed by atoms with E-state index < -0.39 is 5.97 Å². The van der Waals surface area contributed by atoms with Gasteiger partial charge in [-0.1, -0.05) is 18.2 Å². The Morgan fingerprint density at radius 3 is 2.63 bits per heavy atom. The van der Waals surface area contributed by atoms with Crippen LogP contribution in [0.15, 0.2) is 66.0 Å². The van der Waals surface area contributed by atoms with Gasteiger partial charge in [0, 0.05) is 18.6 Å². The van der Waals surface area contributed by atoms with Gasteiger partial charge in [-0.15, -0.1) is 0 Å². The second-order valence-electron chi connectivity index (χ2n) is 6.05. The zero-order valence-electron chi connectivity index (χ0n) is 14.8. The van der Waals surface area contributed by atoms with Gasteiger partial charge in [-0.3, -0.25) is 9.78 Å². The molecule has 0 saturated heterocycles. The van der Waals surface area contributed by atoms with E-state index in [4.69, 9.17) is 4.74 Å². The molecule has 1 aromatic carbocycles. The van der Waals surface area contributed by atoms with Crippen molar-refractivity contribution >= 4 is 5.97 Å². The van der Waals surface area contributed by atoms with Crippen LogP contribution in [-0.2, 0) is 4.74 Å². The second kappa shape index (κ2) is 6.53. The number of benzene rings is 1. The number of rotatable bonds is 3. The fraction of sp³-hybridized carbons (Fsp3) is 0.100. The molecule has 0 spiro atoms. The first-order chi connectivity index (χ1) is 13.1. The van der Waals surface area contributed by atoms with Crippen LogP contribution in [0.5, 0.6) is 0 Å². The predicted octanol–water partition coefficient (Wildman–Crippen LogP) is 2.62. The fourth-order valence-electron chi connectivity index (χ4n) is 2.99. The van der Waals surface area contributed by atoms with E-state index in [1.165, 1.54) is 11.8 Å². The number of hydrogen-bond donors (Lipinski definition) is 0. The number of hydrogen-bond acceptors (Lipinski definition) is 5. The van der Waals surface area contributed by atoms with Crippen molar-refractivity contribution in [3.63, 3.8) is 0 Å². The molecule has 3 heterocycles. The van der Waals surface area contributed by atoms with Crippen LogP contribution in [0.2, 0.25) is 0 Å². The molecule has 0 radical (unpaired) electrons. The molecule has 0 atom stereocenters. The average molecular weight is 360 g/mol. The molecule has 2 aromatic rings. The van der Waals surface area contributed by atoms with E-state index in [1.54, 1.807) is 35.4 Å². The summed E-state index contributed by atoms with van der Waals surface area (Å²) in [6.45, 7) is 1.90. The number of esters is 1. The highest BCUT2D eigenvalue weighted by Crippen LogP contribution is 2.25. The van der Waals surface area contributed by atoms with Gasteiger partial charge in [0.1, 0.15) is 11.3 Å². The summed E-state index contributed by atoms with van der Waals surface area (Å²) in [5.41, 5.74) is 2.82. The van der Waals surface area contributed by atoms with Gasteiger partial charge in [0.25, 0.3) is 5.56 Å². The molecule has 7 heteroatoms. The number of ether oxygens (including phenoxy) is 1. The molecule has 134 valence electrons. The normalized spacial score (nSPS) is 10.9. The van der Waals surface area contributed by atoms with Crippen LogP contribution in [0, 0.1) is 6.92 Å². The summed E-state index contributed by atoms with van der Waals surface area (Å²) in [6, 6.07) is 11.1. The van der Waals surface area contributed by atoms with Crippen LogP contribution in [0.1, 0.15) is 15.9 Å². The molecular weight excluding hydrogens is 344 g/mol. The number of para-hydroxylation sites is 1. The molecule has 0 bridgehead atoms. The first-order valence-corrected chi connectivity index (χ1v) is 8.30. The fourth-order valence-corrected chi connectivity index (χ4v) is 2.99. The topological polar surface area (TPSA) is 79.0 Å². The Hall–Kier alpha value is -3.74. The predicted molar refractivity (Wildman–Crippen MR) is 99.7 cm³/mol. The lowest BCUT2D eigenvalue weighted by Crippen LogP contribution is -2.16. The van der Waals surface area contributed by atoms with Crippen molar-refractivity contribution in [2.45, 2.75) is 6.92 Å². The maximum atomic E-state index is 13.0. The Labute approximate surface area is 154 Å². The summed E-state index contributed by atoms with van der Waals surface area (Å²) in [6.07, 6.45) is 6.55. The van der Waals surface area contributed by atoms with Crippen molar-refractivity contribution in [1.29, 1.82) is 0 Å². The Balaban J connectivity index is 2.03. The van der Waals surface area contributed by atoms with Crippen LogP contribution < -0.4 is 5.56 Å². The molecule has 0 unspecified atom stereocenters. The molecule has 0 N–H and O–H groups in total. The summed E-state index contributed by atoms with van der Waals surface area (Å²) in [5.74, 6) is -0.562. The third kappa shape index (κ3) is 2.79. The molecule has 4 rings (SSSR count). The zero-order valence-corrected chi connectivity index (χ0v) is 14.8. The van der Waals surface area contributed by atoms with Gasteiger partial charge in [-0.25, -0.2) is 4.79 Å². The van der Waals surface area contributed by atoms with Crippen LogP contribution in [0.3, 0.4) is 0 Å². The number of carbonyl (C=O) groups is 1. The largest absolute Gasteiger partial charge is 0.465 e. The SMILES string of the molecule is COC(=O)c1cn(-c2cccnc2)cc2c(=O)n(-c3ccccc3C)nc1-2. The molecule has 0 saturated carbocycles. The van der Waals surface area contributed by atoms with Crippen LogP contribution >= 0.6 is 0 Å². The summed E-state index contributed by atoms with van der Waals surface area (Å²) < 4.78 is 7.89. The van der Waals surface area contributed by atoms with Crippen LogP contribution in [0.25, 0.3) is 22.6 Å². The van der Waals surface area contributed by atoms with Gasteiger partial charge < -0.3 is 9.30 Å². The first-order valence-electron chi connectivity index (χ1n) is 8.30. The van der Waals surface area contributed by atoms with E-state index in [0.29, 0.717) is 22.6 Å². The monoisotopic (exact) mass is 360 g/mol. The van der Waals surface area contributed by atoms with Gasteiger partial charge in [-0.2, -0.15) is 9.78 Å². The van der Waals surface area contributed by atoms with E-state index in [0.717, 1.165) is 5.56 Å². The lowest BCUT2D eigenvalue weighted by molar-refractivity contribution is 0.0600. The minimum atomic E-state index is -0.562. The molecule has 0 amide bonds. The molecule has 7 nitrogen and oxygen atoms in total. The number of aryl methyl sites for hydroxylation is 1. The Bertz CT molecular complexity index is 1160. The smallest absolute Gasteiger partial charge is 0.341 e. The van der Waals surface area contributed by atoms with Crippen molar-refractivity contribution in [2.75, 3.05) is 7.11 Å². The highest BCUT2D eigenvalue weighted by Gasteiger charge is 2.25. The van der Waals surface area contributed by atoms with Crippen molar-refractivity contribution < 1.29 is 9.53 Å². The summed E-state index contributed by atoms with van der Waals surface area (Å²) in [5, 5.41) is 4.42. The molecule has 0 aliphatic carbocycles. The molecule has 2 aliphatic rings. The summed E-state index contributed by atoms with van der Waals surface area (Å²) >= 11 is 0. The molecule has 2 aliphatic heterocycles. The molecule has 1 aromatic heterocycles. The second-order valence-corrected chi connectivity index (χ2v) is 6.05. The van der Waals surface area contributed by atoms with Crippen molar-refractivity contribution in [3.05, 3.63) is 82.7 Å². The molecule has 27 heavy (non-hydrogen) atoms. The Morgan fingerprint density at radius 1 is 1.11 bits per heavy atom. The average Bonchev–Trinajstić information content (AvgIpc) is 3.04. The van der Waals surface area contributed by atoms with Crippen LogP contribution in [-0.4, -0.2) is 32.4 Å². The minimum Gasteiger partial charge on any atom is -0.465 e. The minimum absolute atomic E-state index is 0.211. The highest BCUT2D eigenvalue weighted by atomic mass is 16.5. The third-order valence-electron chi connectivity index (χ3n) is 4.36. The highest BCUT2D eigenvalue weighted by molar-refractivity contribution is 5.96. The number of carbonyl (C=O) groups excluding carboxylic acids is 1. The van der Waals surface area contributed by atoms with Gasteiger partial charge in [0.05, 0.1) is 30.2 Å². The van der Waals surface area contributed by atoms with E-state index in [2.05, 4.69) is 10.1 Å². The first kappa shape index (κ1) is 16.7. The number of aromatic nitrogens is 4. The molecule has 0 fully saturated rings. The number of pyridine rings is 2. The van der Waals surface area contributed by atoms with Gasteiger partial charge in [0.2, 0.25) is 0 Å². The number of nitrogens with zero attached hydrogens (tertiary/aromatic N) is 4. The van der Waals surface area contributed by atoms with Gasteiger partial charge in [0.15, 0.2) is 0 Å². The van der Waals surface area contributed by atoms with Crippen molar-refractivity contribution in [1.82, 2.24) is 19.3 Å². The van der Waals surface area contributed by atoms with Crippen molar-refractivity contribution in [2.24, 2.45) is 0 Å². The Kier molecular flexibility index (Phi) is 4.04. The standard InChI is InChI=1S/C20H16N4O3/c1-13-6-3-4-8-17(13)24-19(25)15-11-23(14-7-5-9-21-10-14)12-16(18(15)22-24)20(26)27-2/h3-12H,1-2H3. The maximum Gasteiger partial charge on any atom is 0.341 e. The van der Waals surface area contributed by atoms with Crippen molar-refractivity contribution in [3.8, 4) is 22.6 Å². The van der Waals surface area contributed by atoms with Gasteiger partial charge in [-0.05, 0) is 30.7 Å². The number of methoxy groups -OCH3 is 1. The van der Waals surface area contributed by atoms with E-state index >= 15 is 0 Å². The zero-order chi connectivity index (χ0) is 19.0. The van der Waals surface area contributed by atoms with Gasteiger partial charge >= 0.3 is 5.97 Å². The lowest BCUT2D eigenvalue weighted by atomic mass is 10.1. The van der Waals surface area contributed by atoms with E-state index in [-0.39, 0.29) is 11.1 Å².